The van der Waals surface area contributed by atoms with E-state index in [-0.39, 0.29) is 0 Å². The van der Waals surface area contributed by atoms with Gasteiger partial charge in [-0.15, -0.1) is 0 Å². The smallest absolute Gasteiger partial charge is 0.0128 e. The van der Waals surface area contributed by atoms with Crippen LogP contribution in [0.5, 0.6) is 0 Å². The van der Waals surface area contributed by atoms with Gasteiger partial charge < -0.3 is 0 Å². The van der Waals surface area contributed by atoms with Crippen LogP contribution in [0.2, 0.25) is 0 Å². The normalized spacial score (nSPS) is 14.1. The van der Waals surface area contributed by atoms with Crippen molar-refractivity contribution in [3.63, 3.8) is 0 Å². The first-order valence-corrected chi connectivity index (χ1v) is 5.54. The van der Waals surface area contributed by atoms with E-state index >= 15 is 0 Å². The van der Waals surface area contributed by atoms with Gasteiger partial charge in [-0.1, -0.05) is 36.3 Å². The van der Waals surface area contributed by atoms with E-state index in [1.54, 1.807) is 9.83 Å². The molecule has 0 bridgehead atoms. The molecule has 0 aromatic rings. The predicted octanol–water partition coefficient (Wildman–Crippen LogP) is 3.01. The largest absolute Gasteiger partial charge is 0.0997 e. The molecular formula is C4H10S3. The Labute approximate surface area is 58.0 Å². The number of thiol groups is 1. The van der Waals surface area contributed by atoms with Crippen molar-refractivity contribution in [2.24, 2.45) is 0 Å². The highest BCUT2D eigenvalue weighted by Crippen LogP contribution is 2.30. The Bertz CT molecular complexity index is 37.9. The minimum Gasteiger partial charge on any atom is -0.0997 e. The highest BCUT2D eigenvalue weighted by molar-refractivity contribution is 9.05. The summed E-state index contributed by atoms with van der Waals surface area (Å²) in [5.74, 6) is 0. The molecule has 0 aromatic heterocycles. The van der Waals surface area contributed by atoms with Gasteiger partial charge >= 0.3 is 0 Å². The van der Waals surface area contributed by atoms with E-state index in [1.807, 2.05) is 10.8 Å². The van der Waals surface area contributed by atoms with E-state index in [4.69, 9.17) is 0 Å². The standard InChI is InChI=1S/C4H10S3/c1-3-4(2)6-7-5/h4-5H,3H2,1-2H3. The zero-order valence-corrected chi connectivity index (χ0v) is 7.08. The van der Waals surface area contributed by atoms with Crippen molar-refractivity contribution < 1.29 is 0 Å². The molecule has 0 spiro atoms. The monoisotopic (exact) mass is 154 g/mol. The number of hydrogen-bond donors (Lipinski definition) is 1. The molecule has 7 heavy (non-hydrogen) atoms. The fraction of sp³-hybridized carbons (Fsp3) is 1.00. The van der Waals surface area contributed by atoms with Crippen LogP contribution in [0.25, 0.3) is 0 Å². The lowest BCUT2D eigenvalue weighted by Gasteiger charge is -2.00. The van der Waals surface area contributed by atoms with Crippen LogP contribution in [0.4, 0.5) is 0 Å². The molecule has 1 unspecified atom stereocenters. The van der Waals surface area contributed by atoms with Crippen LogP contribution in [0.3, 0.4) is 0 Å². The van der Waals surface area contributed by atoms with Crippen LogP contribution in [-0.4, -0.2) is 5.25 Å². The molecule has 0 radical (unpaired) electrons. The fourth-order valence-corrected chi connectivity index (χ4v) is 2.60. The van der Waals surface area contributed by atoms with Crippen LogP contribution in [-0.2, 0) is 0 Å². The summed E-state index contributed by atoms with van der Waals surface area (Å²) in [6.45, 7) is 4.38. The Morgan fingerprint density at radius 1 is 1.71 bits per heavy atom. The zero-order valence-electron chi connectivity index (χ0n) is 4.55. The maximum Gasteiger partial charge on any atom is 0.0128 e. The second-order valence-corrected chi connectivity index (χ2v) is 4.90. The summed E-state index contributed by atoms with van der Waals surface area (Å²) in [6.07, 6.45) is 1.23. The van der Waals surface area contributed by atoms with Crippen LogP contribution in [0.1, 0.15) is 20.3 Å². The van der Waals surface area contributed by atoms with Crippen molar-refractivity contribution in [3.8, 4) is 0 Å². The molecule has 0 amide bonds. The van der Waals surface area contributed by atoms with Gasteiger partial charge in [0.1, 0.15) is 0 Å². The molecule has 0 N–H and O–H groups in total. The van der Waals surface area contributed by atoms with Gasteiger partial charge in [-0.3, -0.25) is 0 Å². The van der Waals surface area contributed by atoms with Crippen molar-refractivity contribution in [2.45, 2.75) is 25.5 Å². The van der Waals surface area contributed by atoms with Gasteiger partial charge in [-0.05, 0) is 16.2 Å². The minimum atomic E-state index is 0.752. The molecule has 0 saturated carbocycles. The molecule has 0 aliphatic heterocycles. The van der Waals surface area contributed by atoms with Gasteiger partial charge in [0.25, 0.3) is 0 Å². The Balaban J connectivity index is 2.83. The third kappa shape index (κ3) is 4.91. The van der Waals surface area contributed by atoms with E-state index < -0.39 is 0 Å². The van der Waals surface area contributed by atoms with Crippen LogP contribution < -0.4 is 0 Å². The third-order valence-electron chi connectivity index (χ3n) is 0.782. The molecule has 1 atom stereocenters. The average Bonchev–Trinajstić information content (AvgIpc) is 1.68. The molecule has 3 heteroatoms. The van der Waals surface area contributed by atoms with Gasteiger partial charge in [-0.25, -0.2) is 0 Å². The molecular weight excluding hydrogens is 144 g/mol. The maximum absolute atomic E-state index is 3.99. The van der Waals surface area contributed by atoms with E-state index in [9.17, 15) is 0 Å². The highest BCUT2D eigenvalue weighted by atomic mass is 33.5. The van der Waals surface area contributed by atoms with Crippen molar-refractivity contribution in [2.75, 3.05) is 0 Å². The van der Waals surface area contributed by atoms with Crippen molar-refractivity contribution in [1.82, 2.24) is 0 Å². The lowest BCUT2D eigenvalue weighted by Crippen LogP contribution is -1.86. The highest BCUT2D eigenvalue weighted by Gasteiger charge is 1.94. The molecule has 44 valence electrons. The molecule has 0 fully saturated rings. The minimum absolute atomic E-state index is 0.752. The van der Waals surface area contributed by atoms with Crippen LogP contribution in [0, 0.1) is 0 Å². The summed E-state index contributed by atoms with van der Waals surface area (Å²) in [5, 5.41) is 0.752. The second kappa shape index (κ2) is 5.19. The molecule has 0 aliphatic carbocycles. The molecule has 0 aromatic carbocycles. The van der Waals surface area contributed by atoms with Crippen molar-refractivity contribution in [3.05, 3.63) is 0 Å². The first kappa shape index (κ1) is 8.05. The molecule has 0 saturated heterocycles. The number of hydrogen-bond acceptors (Lipinski definition) is 3. The quantitative estimate of drug-likeness (QED) is 0.490. The summed E-state index contributed by atoms with van der Waals surface area (Å²) in [4.78, 5) is 0. The van der Waals surface area contributed by atoms with Crippen LogP contribution in [0.15, 0.2) is 0 Å². The summed E-state index contributed by atoms with van der Waals surface area (Å²) in [7, 11) is 3.36. The topological polar surface area (TPSA) is 0 Å². The zero-order chi connectivity index (χ0) is 5.70. The summed E-state index contributed by atoms with van der Waals surface area (Å²) in [5.41, 5.74) is 0. The lowest BCUT2D eigenvalue weighted by molar-refractivity contribution is 0.912. The van der Waals surface area contributed by atoms with E-state index in [1.165, 1.54) is 6.42 Å². The first-order chi connectivity index (χ1) is 3.31. The lowest BCUT2D eigenvalue weighted by atomic mass is 10.4. The Morgan fingerprint density at radius 3 is 2.43 bits per heavy atom. The molecule has 0 nitrogen and oxygen atoms in total. The summed E-state index contributed by atoms with van der Waals surface area (Å²) in [6, 6.07) is 0. The molecule has 0 rings (SSSR count). The predicted molar refractivity (Wildman–Crippen MR) is 43.9 cm³/mol. The Hall–Kier alpha value is 1.05. The van der Waals surface area contributed by atoms with Crippen molar-refractivity contribution >= 4 is 32.3 Å². The van der Waals surface area contributed by atoms with Crippen molar-refractivity contribution in [1.29, 1.82) is 0 Å². The average molecular weight is 154 g/mol. The first-order valence-electron chi connectivity index (χ1n) is 2.28. The van der Waals surface area contributed by atoms with E-state index in [0.29, 0.717) is 0 Å². The van der Waals surface area contributed by atoms with Gasteiger partial charge in [0.15, 0.2) is 0 Å². The van der Waals surface area contributed by atoms with Gasteiger partial charge in [0.2, 0.25) is 0 Å². The second-order valence-electron chi connectivity index (χ2n) is 1.39. The van der Waals surface area contributed by atoms with E-state index in [0.717, 1.165) is 5.25 Å². The van der Waals surface area contributed by atoms with Gasteiger partial charge in [-0.2, -0.15) is 0 Å². The van der Waals surface area contributed by atoms with Gasteiger partial charge in [0.05, 0.1) is 0 Å². The van der Waals surface area contributed by atoms with E-state index in [2.05, 4.69) is 25.5 Å². The summed E-state index contributed by atoms with van der Waals surface area (Å²) < 4.78 is 0. The SMILES string of the molecule is CCC(C)SSS. The van der Waals surface area contributed by atoms with Crippen LogP contribution >= 0.6 is 32.3 Å². The number of rotatable bonds is 3. The molecule has 0 heterocycles. The third-order valence-corrected chi connectivity index (χ3v) is 3.55. The fourth-order valence-electron chi connectivity index (χ4n) is 0.142. The Morgan fingerprint density at radius 2 is 2.29 bits per heavy atom. The summed E-state index contributed by atoms with van der Waals surface area (Å²) >= 11 is 3.99. The molecule has 0 aliphatic rings. The maximum atomic E-state index is 3.99. The van der Waals surface area contributed by atoms with Gasteiger partial charge in [0, 0.05) is 5.25 Å². The Kier molecular flexibility index (Phi) is 5.97.